The van der Waals surface area contributed by atoms with E-state index in [4.69, 9.17) is 14.2 Å². The van der Waals surface area contributed by atoms with Crippen molar-refractivity contribution in [3.63, 3.8) is 0 Å². The lowest BCUT2D eigenvalue weighted by molar-refractivity contribution is 0.0525. The summed E-state index contributed by atoms with van der Waals surface area (Å²) in [6.07, 6.45) is 0. The molecule has 0 aliphatic heterocycles. The van der Waals surface area contributed by atoms with Crippen molar-refractivity contribution in [2.45, 2.75) is 13.5 Å². The van der Waals surface area contributed by atoms with Crippen LogP contribution in [0.1, 0.15) is 22.3 Å². The van der Waals surface area contributed by atoms with E-state index in [1.165, 1.54) is 0 Å². The van der Waals surface area contributed by atoms with Gasteiger partial charge in [-0.2, -0.15) is 0 Å². The van der Waals surface area contributed by atoms with Crippen LogP contribution in [0, 0.1) is 0 Å². The summed E-state index contributed by atoms with van der Waals surface area (Å²) in [5, 5.41) is 8.01. The van der Waals surface area contributed by atoms with Gasteiger partial charge in [0.25, 0.3) is 5.19 Å². The second-order valence-corrected chi connectivity index (χ2v) is 4.72. The van der Waals surface area contributed by atoms with Gasteiger partial charge in [-0.05, 0) is 36.0 Å². The zero-order chi connectivity index (χ0) is 14.4. The Labute approximate surface area is 120 Å². The summed E-state index contributed by atoms with van der Waals surface area (Å²) in [4.78, 5) is 11.5. The van der Waals surface area contributed by atoms with Crippen LogP contribution in [0.5, 0.6) is 10.9 Å². The molecule has 0 saturated carbocycles. The third-order valence-corrected chi connectivity index (χ3v) is 3.05. The molecule has 2 aromatic rings. The van der Waals surface area contributed by atoms with Crippen molar-refractivity contribution >= 4 is 17.3 Å². The van der Waals surface area contributed by atoms with E-state index < -0.39 is 5.97 Å². The van der Waals surface area contributed by atoms with Gasteiger partial charge in [0.05, 0.1) is 13.2 Å². The van der Waals surface area contributed by atoms with Crippen molar-refractivity contribution < 1.29 is 19.0 Å². The van der Waals surface area contributed by atoms with Crippen LogP contribution in [0.4, 0.5) is 0 Å². The Kier molecular flexibility index (Phi) is 5.03. The number of methoxy groups -OCH3 is 1. The Morgan fingerprint density at radius 3 is 2.95 bits per heavy atom. The molecular weight excluding hydrogens is 280 g/mol. The summed E-state index contributed by atoms with van der Waals surface area (Å²) >= 11 is 1.04. The average molecular weight is 294 g/mol. The predicted molar refractivity (Wildman–Crippen MR) is 73.1 cm³/mol. The fourth-order valence-electron chi connectivity index (χ4n) is 1.49. The molecular formula is C13H14N2O4S. The number of carbonyl (C=O) groups is 1. The standard InChI is InChI=1S/C13H14N2O4S/c1-3-18-12(16)11-14-15-13(20-11)19-10-6-4-5-9(7-10)8-17-2/h4-7H,3,8H2,1-2H3. The van der Waals surface area contributed by atoms with Crippen molar-refractivity contribution in [2.75, 3.05) is 13.7 Å². The molecule has 1 heterocycles. The van der Waals surface area contributed by atoms with E-state index in [2.05, 4.69) is 10.2 Å². The summed E-state index contributed by atoms with van der Waals surface area (Å²) in [6.45, 7) is 2.53. The summed E-state index contributed by atoms with van der Waals surface area (Å²) in [5.41, 5.74) is 0.986. The first-order chi connectivity index (χ1) is 9.72. The molecule has 6 nitrogen and oxygen atoms in total. The first-order valence-corrected chi connectivity index (χ1v) is 6.81. The molecule has 0 atom stereocenters. The molecule has 0 radical (unpaired) electrons. The van der Waals surface area contributed by atoms with Gasteiger partial charge in [0, 0.05) is 7.11 Å². The molecule has 7 heteroatoms. The van der Waals surface area contributed by atoms with Gasteiger partial charge in [-0.25, -0.2) is 4.79 Å². The summed E-state index contributed by atoms with van der Waals surface area (Å²) in [5.74, 6) is 0.124. The molecule has 2 rings (SSSR count). The van der Waals surface area contributed by atoms with Gasteiger partial charge in [0.15, 0.2) is 0 Å². The van der Waals surface area contributed by atoms with Gasteiger partial charge in [-0.1, -0.05) is 17.2 Å². The highest BCUT2D eigenvalue weighted by molar-refractivity contribution is 7.14. The van der Waals surface area contributed by atoms with Crippen LogP contribution >= 0.6 is 11.3 Å². The lowest BCUT2D eigenvalue weighted by atomic mass is 10.2. The van der Waals surface area contributed by atoms with E-state index in [1.54, 1.807) is 20.1 Å². The molecule has 0 amide bonds. The molecule has 0 N–H and O–H groups in total. The molecule has 0 unspecified atom stereocenters. The predicted octanol–water partition coefficient (Wildman–Crippen LogP) is 2.65. The van der Waals surface area contributed by atoms with Crippen LogP contribution in [0.15, 0.2) is 24.3 Å². The average Bonchev–Trinajstić information content (AvgIpc) is 2.88. The number of hydrogen-bond donors (Lipinski definition) is 0. The molecule has 0 aliphatic rings. The number of hydrogen-bond acceptors (Lipinski definition) is 7. The monoisotopic (exact) mass is 294 g/mol. The summed E-state index contributed by atoms with van der Waals surface area (Å²) in [6, 6.07) is 7.43. The zero-order valence-electron chi connectivity index (χ0n) is 11.2. The van der Waals surface area contributed by atoms with Gasteiger partial charge in [0.1, 0.15) is 5.75 Å². The van der Waals surface area contributed by atoms with Crippen molar-refractivity contribution in [1.82, 2.24) is 10.2 Å². The maximum atomic E-state index is 11.5. The highest BCUT2D eigenvalue weighted by Crippen LogP contribution is 2.26. The van der Waals surface area contributed by atoms with Crippen molar-refractivity contribution in [3.05, 3.63) is 34.8 Å². The second-order valence-electron chi connectivity index (χ2n) is 3.78. The first-order valence-electron chi connectivity index (χ1n) is 5.99. The lowest BCUT2D eigenvalue weighted by Crippen LogP contribution is -2.03. The van der Waals surface area contributed by atoms with E-state index in [-0.39, 0.29) is 5.01 Å². The van der Waals surface area contributed by atoms with Gasteiger partial charge in [-0.3, -0.25) is 0 Å². The van der Waals surface area contributed by atoms with E-state index in [0.29, 0.717) is 24.2 Å². The van der Waals surface area contributed by atoms with Gasteiger partial charge in [-0.15, -0.1) is 5.10 Å². The highest BCUT2D eigenvalue weighted by Gasteiger charge is 2.14. The Bertz CT molecular complexity index is 585. The first kappa shape index (κ1) is 14.4. The molecule has 0 bridgehead atoms. The minimum Gasteiger partial charge on any atom is -0.461 e. The van der Waals surface area contributed by atoms with Crippen LogP contribution in [0.2, 0.25) is 0 Å². The molecule has 1 aromatic carbocycles. The van der Waals surface area contributed by atoms with Gasteiger partial charge < -0.3 is 14.2 Å². The molecule has 0 fully saturated rings. The fraction of sp³-hybridized carbons (Fsp3) is 0.308. The normalized spacial score (nSPS) is 10.3. The van der Waals surface area contributed by atoms with Crippen LogP contribution in [-0.4, -0.2) is 29.9 Å². The summed E-state index contributed by atoms with van der Waals surface area (Å²) in [7, 11) is 1.63. The van der Waals surface area contributed by atoms with Crippen LogP contribution < -0.4 is 4.74 Å². The number of nitrogens with zero attached hydrogens (tertiary/aromatic N) is 2. The topological polar surface area (TPSA) is 70.5 Å². The molecule has 20 heavy (non-hydrogen) atoms. The Morgan fingerprint density at radius 2 is 2.20 bits per heavy atom. The van der Waals surface area contributed by atoms with Crippen LogP contribution in [0.25, 0.3) is 0 Å². The SMILES string of the molecule is CCOC(=O)c1nnc(Oc2cccc(COC)c2)s1. The van der Waals surface area contributed by atoms with Crippen molar-refractivity contribution in [2.24, 2.45) is 0 Å². The largest absolute Gasteiger partial charge is 0.461 e. The Balaban J connectivity index is 2.06. The molecule has 0 aliphatic carbocycles. The number of carbonyl (C=O) groups excluding carboxylic acids is 1. The highest BCUT2D eigenvalue weighted by atomic mass is 32.1. The van der Waals surface area contributed by atoms with Gasteiger partial charge in [0.2, 0.25) is 5.01 Å². The lowest BCUT2D eigenvalue weighted by Gasteiger charge is -2.03. The molecule has 0 saturated heterocycles. The summed E-state index contributed by atoms with van der Waals surface area (Å²) < 4.78 is 15.4. The maximum absolute atomic E-state index is 11.5. The molecule has 1 aromatic heterocycles. The van der Waals surface area contributed by atoms with Crippen molar-refractivity contribution in [3.8, 4) is 10.9 Å². The zero-order valence-corrected chi connectivity index (χ0v) is 12.0. The number of ether oxygens (including phenoxy) is 3. The van der Waals surface area contributed by atoms with Gasteiger partial charge >= 0.3 is 5.97 Å². The van der Waals surface area contributed by atoms with Crippen LogP contribution in [-0.2, 0) is 16.1 Å². The van der Waals surface area contributed by atoms with E-state index >= 15 is 0 Å². The minimum absolute atomic E-state index is 0.176. The number of benzene rings is 1. The molecule has 106 valence electrons. The maximum Gasteiger partial charge on any atom is 0.369 e. The second kappa shape index (κ2) is 6.97. The third-order valence-electron chi connectivity index (χ3n) is 2.27. The fourth-order valence-corrected chi connectivity index (χ4v) is 2.10. The molecule has 0 spiro atoms. The number of rotatable bonds is 6. The van der Waals surface area contributed by atoms with Crippen LogP contribution in [0.3, 0.4) is 0 Å². The Morgan fingerprint density at radius 1 is 1.35 bits per heavy atom. The quantitative estimate of drug-likeness (QED) is 0.763. The number of aromatic nitrogens is 2. The van der Waals surface area contributed by atoms with E-state index in [1.807, 2.05) is 18.2 Å². The van der Waals surface area contributed by atoms with E-state index in [0.717, 1.165) is 16.9 Å². The van der Waals surface area contributed by atoms with Crippen molar-refractivity contribution in [1.29, 1.82) is 0 Å². The third kappa shape index (κ3) is 3.75. The Hall–Kier alpha value is -1.99. The van der Waals surface area contributed by atoms with E-state index in [9.17, 15) is 4.79 Å². The smallest absolute Gasteiger partial charge is 0.369 e. The minimum atomic E-state index is -0.493. The number of esters is 1.